The van der Waals surface area contributed by atoms with Gasteiger partial charge in [-0.3, -0.25) is 9.59 Å². The zero-order valence-corrected chi connectivity index (χ0v) is 31.0. The lowest BCUT2D eigenvalue weighted by Crippen LogP contribution is -2.58. The molecule has 0 spiro atoms. The summed E-state index contributed by atoms with van der Waals surface area (Å²) in [4.78, 5) is 42.6. The van der Waals surface area contributed by atoms with Crippen LogP contribution in [0, 0.1) is 0 Å². The number of nitrogens with one attached hydrogen (secondary N) is 2. The number of carbonyl (C=O) groups excluding carboxylic acids is 3. The van der Waals surface area contributed by atoms with Crippen LogP contribution >= 0.6 is 11.8 Å². The molecular weight excluding hydrogens is 685 g/mol. The van der Waals surface area contributed by atoms with E-state index in [0.29, 0.717) is 18.6 Å². The van der Waals surface area contributed by atoms with E-state index in [1.807, 2.05) is 91.2 Å². The zero-order valence-electron chi connectivity index (χ0n) is 30.2. The van der Waals surface area contributed by atoms with Crippen LogP contribution in [0.5, 0.6) is 5.75 Å². The molecule has 0 unspecified atom stereocenters. The van der Waals surface area contributed by atoms with E-state index >= 15 is 0 Å². The highest BCUT2D eigenvalue weighted by atomic mass is 32.2. The van der Waals surface area contributed by atoms with Crippen molar-refractivity contribution in [2.45, 2.75) is 88.7 Å². The van der Waals surface area contributed by atoms with Gasteiger partial charge < -0.3 is 45.0 Å². The van der Waals surface area contributed by atoms with E-state index in [-0.39, 0.29) is 32.1 Å². The molecule has 4 amide bonds. The number of fused-ring (bicyclic) bond motifs is 1. The Hall–Kier alpha value is -4.14. The number of benzene rings is 3. The molecule has 12 nitrogen and oxygen atoms in total. The first-order chi connectivity index (χ1) is 25.1. The van der Waals surface area contributed by atoms with Crippen LogP contribution in [0.15, 0.2) is 84.9 Å². The normalized spacial score (nSPS) is 21.5. The minimum Gasteiger partial charge on any atom is -0.497 e. The van der Waals surface area contributed by atoms with Gasteiger partial charge in [-0.1, -0.05) is 72.8 Å². The fourth-order valence-corrected chi connectivity index (χ4v) is 6.96. The van der Waals surface area contributed by atoms with Gasteiger partial charge in [0.05, 0.1) is 19.8 Å². The first kappa shape index (κ1) is 39.1. The Kier molecular flexibility index (Phi) is 14.0. The minimum absolute atomic E-state index is 0.230. The number of nitrogens with two attached hydrogens (primary N) is 1. The Morgan fingerprint density at radius 1 is 0.942 bits per heavy atom. The average molecular weight is 735 g/mol. The summed E-state index contributed by atoms with van der Waals surface area (Å²) in [5, 5.41) is 6.06. The van der Waals surface area contributed by atoms with Crippen molar-refractivity contribution in [3.63, 3.8) is 0 Å². The summed E-state index contributed by atoms with van der Waals surface area (Å²) < 4.78 is 30.4. The summed E-state index contributed by atoms with van der Waals surface area (Å²) in [5.74, 6) is -0.658. The number of primary amides is 1. The first-order valence-corrected chi connectivity index (χ1v) is 18.9. The van der Waals surface area contributed by atoms with Crippen molar-refractivity contribution < 1.29 is 38.1 Å². The van der Waals surface area contributed by atoms with Gasteiger partial charge in [0, 0.05) is 19.5 Å². The molecule has 5 rings (SSSR count). The predicted octanol–water partition coefficient (Wildman–Crippen LogP) is 4.39. The Morgan fingerprint density at radius 2 is 1.62 bits per heavy atom. The molecule has 280 valence electrons. The third-order valence-corrected chi connectivity index (χ3v) is 9.72. The summed E-state index contributed by atoms with van der Waals surface area (Å²) in [6.45, 7) is 4.37. The second-order valence-electron chi connectivity index (χ2n) is 13.3. The maximum Gasteiger partial charge on any atom is 0.318 e. The summed E-state index contributed by atoms with van der Waals surface area (Å²) in [6.07, 6.45) is -0.379. The quantitative estimate of drug-likeness (QED) is 0.173. The first-order valence-electron chi connectivity index (χ1n) is 17.5. The van der Waals surface area contributed by atoms with Crippen molar-refractivity contribution in [3.05, 3.63) is 102 Å². The highest BCUT2D eigenvalue weighted by molar-refractivity contribution is 7.98. The van der Waals surface area contributed by atoms with Crippen LogP contribution in [0.4, 0.5) is 4.79 Å². The van der Waals surface area contributed by atoms with E-state index in [0.717, 1.165) is 22.4 Å². The number of carbonyl (C=O) groups is 3. The number of hydrogen-bond acceptors (Lipinski definition) is 9. The molecule has 6 atom stereocenters. The third-order valence-electron chi connectivity index (χ3n) is 9.08. The van der Waals surface area contributed by atoms with Crippen LogP contribution < -0.4 is 21.1 Å². The van der Waals surface area contributed by atoms with Crippen LogP contribution in [0.3, 0.4) is 0 Å². The van der Waals surface area contributed by atoms with Crippen molar-refractivity contribution >= 4 is 29.6 Å². The van der Waals surface area contributed by atoms with E-state index < -0.39 is 54.3 Å². The molecule has 3 aromatic rings. The van der Waals surface area contributed by atoms with Crippen LogP contribution in [-0.4, -0.2) is 90.9 Å². The van der Waals surface area contributed by atoms with Gasteiger partial charge >= 0.3 is 6.03 Å². The molecule has 4 N–H and O–H groups in total. The van der Waals surface area contributed by atoms with E-state index in [1.54, 1.807) is 37.6 Å². The molecule has 52 heavy (non-hydrogen) atoms. The van der Waals surface area contributed by atoms with Gasteiger partial charge in [0.1, 0.15) is 30.1 Å². The Balaban J connectivity index is 1.39. The lowest BCUT2D eigenvalue weighted by atomic mass is 9.99. The Morgan fingerprint density at radius 3 is 2.25 bits per heavy atom. The number of ether oxygens (including phenoxy) is 5. The molecule has 3 aromatic carbocycles. The third kappa shape index (κ3) is 10.7. The number of rotatable bonds is 18. The van der Waals surface area contributed by atoms with Gasteiger partial charge in [-0.05, 0) is 67.5 Å². The SMILES string of the molecule is COc1ccc(CCN(C(=O)NCc2ccccc2)[C@@H](CCSC)C(=O)N[C@@H](CC(N)=O)[C@@H]2O[C@H]3OC(C)(C)O[C@H]3[C@@H]2OCc2ccccc2)cc1. The molecule has 2 fully saturated rings. The molecule has 2 aliphatic heterocycles. The van der Waals surface area contributed by atoms with Gasteiger partial charge in [0.15, 0.2) is 12.1 Å². The smallest absolute Gasteiger partial charge is 0.318 e. The molecule has 0 radical (unpaired) electrons. The molecule has 2 saturated heterocycles. The van der Waals surface area contributed by atoms with Crippen molar-refractivity contribution in [3.8, 4) is 5.75 Å². The fraction of sp³-hybridized carbons (Fsp3) is 0.462. The van der Waals surface area contributed by atoms with Crippen LogP contribution in [-0.2, 0) is 48.1 Å². The number of thioether (sulfide) groups is 1. The highest BCUT2D eigenvalue weighted by Crippen LogP contribution is 2.40. The topological polar surface area (TPSA) is 151 Å². The summed E-state index contributed by atoms with van der Waals surface area (Å²) in [5.41, 5.74) is 8.60. The van der Waals surface area contributed by atoms with Gasteiger partial charge in [-0.15, -0.1) is 0 Å². The standard InChI is InChI=1S/C39H50N4O8S/c1-39(2)50-35-34(48-25-28-13-9-6-10-14-28)33(49-37(35)51-39)30(23-32(40)44)42-36(45)31(20-22-52-4)43(21-19-26-15-17-29(47-3)18-16-26)38(46)41-24-27-11-7-5-8-12-27/h5-18,30-31,33-35,37H,19-25H2,1-4H3,(H2,40,44)(H,41,46)(H,42,45)/t30-,31-,33-,34+,35-,37-/m0/s1. The maximum absolute atomic E-state index is 14.5. The number of methoxy groups -OCH3 is 1. The van der Waals surface area contributed by atoms with Crippen molar-refractivity contribution in [2.75, 3.05) is 25.7 Å². The monoisotopic (exact) mass is 734 g/mol. The van der Waals surface area contributed by atoms with Gasteiger partial charge in [-0.2, -0.15) is 11.8 Å². The molecule has 0 aliphatic carbocycles. The molecule has 2 heterocycles. The van der Waals surface area contributed by atoms with E-state index in [2.05, 4.69) is 10.6 Å². The van der Waals surface area contributed by atoms with Crippen LogP contribution in [0.2, 0.25) is 0 Å². The predicted molar refractivity (Wildman–Crippen MR) is 198 cm³/mol. The maximum atomic E-state index is 14.5. The highest BCUT2D eigenvalue weighted by Gasteiger charge is 2.57. The number of amides is 4. The van der Waals surface area contributed by atoms with Crippen LogP contribution in [0.1, 0.15) is 43.4 Å². The number of hydrogen-bond donors (Lipinski definition) is 3. The lowest BCUT2D eigenvalue weighted by Gasteiger charge is -2.35. The Labute approximate surface area is 310 Å². The van der Waals surface area contributed by atoms with E-state index in [1.165, 1.54) is 0 Å². The summed E-state index contributed by atoms with van der Waals surface area (Å²) >= 11 is 1.57. The van der Waals surface area contributed by atoms with Gasteiger partial charge in [-0.25, -0.2) is 4.79 Å². The largest absolute Gasteiger partial charge is 0.497 e. The van der Waals surface area contributed by atoms with E-state index in [9.17, 15) is 14.4 Å². The molecule has 0 aromatic heterocycles. The zero-order chi connectivity index (χ0) is 37.1. The molecule has 13 heteroatoms. The van der Waals surface area contributed by atoms with Crippen LogP contribution in [0.25, 0.3) is 0 Å². The lowest BCUT2D eigenvalue weighted by molar-refractivity contribution is -0.222. The minimum atomic E-state index is -0.919. The summed E-state index contributed by atoms with van der Waals surface area (Å²) in [6, 6.07) is 24.7. The second kappa shape index (κ2) is 18.6. The van der Waals surface area contributed by atoms with Crippen molar-refractivity contribution in [1.82, 2.24) is 15.5 Å². The second-order valence-corrected chi connectivity index (χ2v) is 14.3. The molecule has 0 bridgehead atoms. The van der Waals surface area contributed by atoms with Crippen molar-refractivity contribution in [1.29, 1.82) is 0 Å². The van der Waals surface area contributed by atoms with Gasteiger partial charge in [0.25, 0.3) is 0 Å². The molecule has 2 aliphatic rings. The summed E-state index contributed by atoms with van der Waals surface area (Å²) in [7, 11) is 1.61. The number of urea groups is 1. The average Bonchev–Trinajstić information content (AvgIpc) is 3.62. The number of nitrogens with zero attached hydrogens (tertiary/aromatic N) is 1. The molecule has 0 saturated carbocycles. The molecular formula is C39H50N4O8S. The van der Waals surface area contributed by atoms with Gasteiger partial charge in [0.2, 0.25) is 11.8 Å². The van der Waals surface area contributed by atoms with E-state index in [4.69, 9.17) is 29.4 Å². The van der Waals surface area contributed by atoms with Crippen molar-refractivity contribution in [2.24, 2.45) is 5.73 Å². The fourth-order valence-electron chi connectivity index (χ4n) is 6.50. The Bertz CT molecular complexity index is 1600.